The van der Waals surface area contributed by atoms with Crippen molar-refractivity contribution in [1.29, 1.82) is 0 Å². The molecule has 0 spiro atoms. The molecule has 0 saturated carbocycles. The summed E-state index contributed by atoms with van der Waals surface area (Å²) in [5, 5.41) is 4.76. The molecule has 0 atom stereocenters. The fourth-order valence-electron chi connectivity index (χ4n) is 0.910. The van der Waals surface area contributed by atoms with E-state index in [9.17, 15) is 9.18 Å². The number of rotatable bonds is 2. The largest absolute Gasteiger partial charge is 0.323 e. The van der Waals surface area contributed by atoms with Gasteiger partial charge in [0.15, 0.2) is 0 Å². The zero-order valence-corrected chi connectivity index (χ0v) is 7.80. The first-order chi connectivity index (χ1) is 6.59. The van der Waals surface area contributed by atoms with Crippen molar-refractivity contribution >= 4 is 11.7 Å². The summed E-state index contributed by atoms with van der Waals surface area (Å²) in [5.74, 6) is -0.468. The predicted octanol–water partition coefficient (Wildman–Crippen LogP) is 2.48. The summed E-state index contributed by atoms with van der Waals surface area (Å²) in [6.07, 6.45) is 0. The lowest BCUT2D eigenvalue weighted by Gasteiger charge is -2.07. The van der Waals surface area contributed by atoms with Crippen LogP contribution in [0.3, 0.4) is 0 Å². The van der Waals surface area contributed by atoms with Gasteiger partial charge in [0.2, 0.25) is 0 Å². The van der Waals surface area contributed by atoms with Crippen LogP contribution in [0.25, 0.3) is 0 Å². The Bertz CT molecular complexity index is 363. The molecule has 2 N–H and O–H groups in total. The van der Waals surface area contributed by atoms with E-state index in [0.29, 0.717) is 5.70 Å². The van der Waals surface area contributed by atoms with Crippen LogP contribution in [0, 0.1) is 5.82 Å². The number of benzene rings is 1. The molecule has 4 heteroatoms. The monoisotopic (exact) mass is 194 g/mol. The summed E-state index contributed by atoms with van der Waals surface area (Å²) in [6.45, 7) is 5.13. The number of halogens is 1. The first kappa shape index (κ1) is 10.2. The Morgan fingerprint density at radius 3 is 2.64 bits per heavy atom. The molecule has 1 aromatic carbocycles. The van der Waals surface area contributed by atoms with E-state index < -0.39 is 11.8 Å². The molecule has 14 heavy (non-hydrogen) atoms. The number of nitrogens with one attached hydrogen (secondary N) is 2. The topological polar surface area (TPSA) is 41.1 Å². The van der Waals surface area contributed by atoms with E-state index in [0.717, 1.165) is 0 Å². The van der Waals surface area contributed by atoms with Gasteiger partial charge in [-0.15, -0.1) is 0 Å². The van der Waals surface area contributed by atoms with E-state index in [2.05, 4.69) is 17.2 Å². The molecule has 0 aliphatic carbocycles. The smallest absolute Gasteiger partial charge is 0.312 e. The fraction of sp³-hybridized carbons (Fsp3) is 0.100. The molecule has 0 saturated heterocycles. The van der Waals surface area contributed by atoms with Crippen LogP contribution in [0.5, 0.6) is 0 Å². The minimum Gasteiger partial charge on any atom is -0.312 e. The van der Waals surface area contributed by atoms with Crippen LogP contribution in [-0.2, 0) is 0 Å². The van der Waals surface area contributed by atoms with Gasteiger partial charge in [0.25, 0.3) is 0 Å². The second-order valence-corrected chi connectivity index (χ2v) is 2.84. The molecular formula is C10H11FN2O. The average Bonchev–Trinajstić information content (AvgIpc) is 2.07. The number of carbonyl (C=O) groups is 1. The van der Waals surface area contributed by atoms with Crippen LogP contribution >= 0.6 is 0 Å². The maximum absolute atomic E-state index is 13.0. The summed E-state index contributed by atoms with van der Waals surface area (Å²) in [4.78, 5) is 11.1. The Morgan fingerprint density at radius 2 is 2.07 bits per heavy atom. The summed E-state index contributed by atoms with van der Waals surface area (Å²) in [7, 11) is 0. The number of hydrogen-bond acceptors (Lipinski definition) is 1. The number of amides is 2. The molecule has 1 aromatic rings. The van der Waals surface area contributed by atoms with Gasteiger partial charge >= 0.3 is 6.03 Å². The lowest BCUT2D eigenvalue weighted by Crippen LogP contribution is -2.26. The van der Waals surface area contributed by atoms with Crippen LogP contribution in [-0.4, -0.2) is 6.03 Å². The molecule has 1 rings (SSSR count). The van der Waals surface area contributed by atoms with Gasteiger partial charge in [-0.2, -0.15) is 0 Å². The fourth-order valence-corrected chi connectivity index (χ4v) is 0.910. The second-order valence-electron chi connectivity index (χ2n) is 2.84. The number of hydrogen-bond donors (Lipinski definition) is 2. The summed E-state index contributed by atoms with van der Waals surface area (Å²) in [6, 6.07) is 5.45. The quantitative estimate of drug-likeness (QED) is 0.746. The zero-order chi connectivity index (χ0) is 10.6. The molecule has 0 bridgehead atoms. The van der Waals surface area contributed by atoms with Crippen molar-refractivity contribution < 1.29 is 9.18 Å². The van der Waals surface area contributed by atoms with Crippen LogP contribution < -0.4 is 10.6 Å². The third-order valence-corrected chi connectivity index (χ3v) is 1.45. The van der Waals surface area contributed by atoms with Gasteiger partial charge in [0, 0.05) is 5.70 Å². The van der Waals surface area contributed by atoms with E-state index in [-0.39, 0.29) is 5.69 Å². The van der Waals surface area contributed by atoms with Gasteiger partial charge in [0.1, 0.15) is 5.82 Å². The molecular weight excluding hydrogens is 183 g/mol. The first-order valence-corrected chi connectivity index (χ1v) is 4.07. The third kappa shape index (κ3) is 2.90. The minimum atomic E-state index is -0.498. The van der Waals surface area contributed by atoms with E-state index in [1.807, 2.05) is 0 Å². The molecule has 3 nitrogen and oxygen atoms in total. The van der Waals surface area contributed by atoms with Gasteiger partial charge in [-0.25, -0.2) is 9.18 Å². The highest BCUT2D eigenvalue weighted by molar-refractivity contribution is 5.90. The van der Waals surface area contributed by atoms with Crippen molar-refractivity contribution in [2.45, 2.75) is 6.92 Å². The molecule has 0 aliphatic rings. The molecule has 74 valence electrons. The molecule has 0 aliphatic heterocycles. The van der Waals surface area contributed by atoms with Gasteiger partial charge < -0.3 is 10.6 Å². The maximum Gasteiger partial charge on any atom is 0.323 e. The Balaban J connectivity index is 2.65. The van der Waals surface area contributed by atoms with E-state index in [1.165, 1.54) is 12.1 Å². The van der Waals surface area contributed by atoms with Crippen LogP contribution in [0.1, 0.15) is 6.92 Å². The summed E-state index contributed by atoms with van der Waals surface area (Å²) < 4.78 is 13.0. The van der Waals surface area contributed by atoms with E-state index in [1.54, 1.807) is 19.1 Å². The Labute approximate surface area is 81.6 Å². The van der Waals surface area contributed by atoms with Crippen molar-refractivity contribution in [3.8, 4) is 0 Å². The van der Waals surface area contributed by atoms with E-state index in [4.69, 9.17) is 0 Å². The molecule has 2 amide bonds. The standard InChI is InChI=1S/C10H11FN2O/c1-7(2)12-10(14)13-9-6-4-3-5-8(9)11/h3-6H,1H2,2H3,(H2,12,13,14). The number of anilines is 1. The predicted molar refractivity (Wildman–Crippen MR) is 53.4 cm³/mol. The van der Waals surface area contributed by atoms with Crippen LogP contribution in [0.4, 0.5) is 14.9 Å². The van der Waals surface area contributed by atoms with Crippen LogP contribution in [0.15, 0.2) is 36.5 Å². The Hall–Kier alpha value is -1.84. The summed E-state index contributed by atoms with van der Waals surface area (Å²) in [5.41, 5.74) is 0.644. The number of allylic oxidation sites excluding steroid dienone is 1. The second kappa shape index (κ2) is 4.41. The van der Waals surface area contributed by atoms with Crippen molar-refractivity contribution in [1.82, 2.24) is 5.32 Å². The molecule has 0 fully saturated rings. The van der Waals surface area contributed by atoms with Gasteiger partial charge in [-0.05, 0) is 19.1 Å². The lowest BCUT2D eigenvalue weighted by molar-refractivity contribution is 0.254. The normalized spacial score (nSPS) is 9.29. The van der Waals surface area contributed by atoms with E-state index >= 15 is 0 Å². The number of para-hydroxylation sites is 1. The molecule has 0 aromatic heterocycles. The van der Waals surface area contributed by atoms with Crippen LogP contribution in [0.2, 0.25) is 0 Å². The molecule has 0 radical (unpaired) electrons. The highest BCUT2D eigenvalue weighted by Crippen LogP contribution is 2.11. The minimum absolute atomic E-state index is 0.145. The lowest BCUT2D eigenvalue weighted by atomic mass is 10.3. The van der Waals surface area contributed by atoms with Crippen molar-refractivity contribution in [2.24, 2.45) is 0 Å². The highest BCUT2D eigenvalue weighted by atomic mass is 19.1. The molecule has 0 unspecified atom stereocenters. The zero-order valence-electron chi connectivity index (χ0n) is 7.80. The summed E-state index contributed by atoms with van der Waals surface area (Å²) >= 11 is 0. The highest BCUT2D eigenvalue weighted by Gasteiger charge is 2.04. The Kier molecular flexibility index (Phi) is 3.23. The number of urea groups is 1. The van der Waals surface area contributed by atoms with Crippen molar-refractivity contribution in [2.75, 3.05) is 5.32 Å². The average molecular weight is 194 g/mol. The van der Waals surface area contributed by atoms with Crippen molar-refractivity contribution in [3.05, 3.63) is 42.4 Å². The number of carbonyl (C=O) groups excluding carboxylic acids is 1. The third-order valence-electron chi connectivity index (χ3n) is 1.45. The maximum atomic E-state index is 13.0. The van der Waals surface area contributed by atoms with Gasteiger partial charge in [0.05, 0.1) is 5.69 Å². The SMILES string of the molecule is C=C(C)NC(=O)Nc1ccccc1F. The van der Waals surface area contributed by atoms with Gasteiger partial charge in [-0.1, -0.05) is 18.7 Å². The molecule has 0 heterocycles. The van der Waals surface area contributed by atoms with Gasteiger partial charge in [-0.3, -0.25) is 0 Å². The Morgan fingerprint density at radius 1 is 1.43 bits per heavy atom. The van der Waals surface area contributed by atoms with Crippen molar-refractivity contribution in [3.63, 3.8) is 0 Å². The first-order valence-electron chi connectivity index (χ1n) is 4.07.